The van der Waals surface area contributed by atoms with Crippen LogP contribution in [0, 0.1) is 5.92 Å². The summed E-state index contributed by atoms with van der Waals surface area (Å²) in [5.41, 5.74) is 5.64. The number of nitrogens with zero attached hydrogens (tertiary/aromatic N) is 1. The van der Waals surface area contributed by atoms with Gasteiger partial charge in [0, 0.05) is 5.69 Å². The summed E-state index contributed by atoms with van der Waals surface area (Å²) in [6.45, 7) is 9.33. The number of alkyl carbamates (subject to hydrolysis) is 1. The maximum atomic E-state index is 12.2. The number of nitrogens with two attached hydrogens (primary N) is 1. The summed E-state index contributed by atoms with van der Waals surface area (Å²) >= 11 is 0. The Bertz CT molecular complexity index is 674. The van der Waals surface area contributed by atoms with Crippen molar-refractivity contribution in [1.82, 2.24) is 5.32 Å². The van der Waals surface area contributed by atoms with Gasteiger partial charge in [-0.25, -0.2) is 4.79 Å². The molecule has 1 atom stereocenters. The highest BCUT2D eigenvalue weighted by molar-refractivity contribution is 14.0. The molecule has 1 unspecified atom stereocenters. The first-order valence-corrected chi connectivity index (χ1v) is 8.67. The quantitative estimate of drug-likeness (QED) is 0.285. The van der Waals surface area contributed by atoms with E-state index in [-0.39, 0.29) is 54.2 Å². The van der Waals surface area contributed by atoms with Gasteiger partial charge in [-0.2, -0.15) is 0 Å². The maximum absolute atomic E-state index is 12.2. The van der Waals surface area contributed by atoms with Crippen molar-refractivity contribution < 1.29 is 27.4 Å². The van der Waals surface area contributed by atoms with E-state index < -0.39 is 18.1 Å². The number of benzene rings is 1. The number of anilines is 1. The molecular formula is C18H28F3IN4O3. The average Bonchev–Trinajstić information content (AvgIpc) is 2.50. The Labute approximate surface area is 185 Å². The van der Waals surface area contributed by atoms with E-state index in [4.69, 9.17) is 10.5 Å². The second kappa shape index (κ2) is 11.3. The Morgan fingerprint density at radius 1 is 1.17 bits per heavy atom. The minimum atomic E-state index is -4.75. The third-order valence-corrected chi connectivity index (χ3v) is 3.33. The number of hydrogen-bond acceptors (Lipinski definition) is 4. The molecule has 4 N–H and O–H groups in total. The van der Waals surface area contributed by atoms with Crippen LogP contribution in [0.25, 0.3) is 0 Å². The molecule has 0 aliphatic heterocycles. The van der Waals surface area contributed by atoms with E-state index in [9.17, 15) is 18.0 Å². The van der Waals surface area contributed by atoms with Crippen LogP contribution in [0.3, 0.4) is 0 Å². The minimum absolute atomic E-state index is 0. The Balaban J connectivity index is 0.00000784. The van der Waals surface area contributed by atoms with Crippen molar-refractivity contribution in [2.45, 2.75) is 52.6 Å². The van der Waals surface area contributed by atoms with Gasteiger partial charge in [-0.3, -0.25) is 4.99 Å². The van der Waals surface area contributed by atoms with Crippen LogP contribution in [0.4, 0.5) is 23.7 Å². The molecule has 1 aromatic rings. The van der Waals surface area contributed by atoms with Crippen molar-refractivity contribution in [2.75, 3.05) is 11.9 Å². The second-order valence-corrected chi connectivity index (χ2v) is 7.42. The number of aliphatic imine (C=N–C) groups is 1. The van der Waals surface area contributed by atoms with Crippen molar-refractivity contribution >= 4 is 41.7 Å². The van der Waals surface area contributed by atoms with Gasteiger partial charge in [0.25, 0.3) is 0 Å². The monoisotopic (exact) mass is 532 g/mol. The number of nitrogens with one attached hydrogen (secondary N) is 2. The molecule has 166 valence electrons. The van der Waals surface area contributed by atoms with E-state index in [2.05, 4.69) is 20.4 Å². The van der Waals surface area contributed by atoms with E-state index >= 15 is 0 Å². The number of ether oxygens (including phenoxy) is 2. The average molecular weight is 532 g/mol. The molecule has 0 bridgehead atoms. The molecule has 0 radical (unpaired) electrons. The zero-order valence-corrected chi connectivity index (χ0v) is 19.3. The summed E-state index contributed by atoms with van der Waals surface area (Å²) in [6, 6.07) is 4.76. The first-order chi connectivity index (χ1) is 12.7. The number of amides is 1. The lowest BCUT2D eigenvalue weighted by Gasteiger charge is -2.25. The SMILES string of the molecule is CC(C)C(CN=C(N)Nc1ccc(OC(F)(F)F)cc1)NC(=O)OC(C)(C)C.I. The summed E-state index contributed by atoms with van der Waals surface area (Å²) in [6.07, 6.45) is -5.30. The van der Waals surface area contributed by atoms with Gasteiger partial charge < -0.3 is 25.8 Å². The van der Waals surface area contributed by atoms with Crippen LogP contribution in [-0.4, -0.2) is 36.6 Å². The first-order valence-electron chi connectivity index (χ1n) is 8.67. The fraction of sp³-hybridized carbons (Fsp3) is 0.556. The Morgan fingerprint density at radius 3 is 2.17 bits per heavy atom. The van der Waals surface area contributed by atoms with Gasteiger partial charge in [-0.05, 0) is 51.0 Å². The van der Waals surface area contributed by atoms with Gasteiger partial charge in [-0.1, -0.05) is 13.8 Å². The molecule has 0 aromatic heterocycles. The molecule has 1 aromatic carbocycles. The predicted molar refractivity (Wildman–Crippen MR) is 117 cm³/mol. The van der Waals surface area contributed by atoms with Crippen LogP contribution in [0.2, 0.25) is 0 Å². The summed E-state index contributed by atoms with van der Waals surface area (Å²) in [7, 11) is 0. The molecule has 0 saturated heterocycles. The normalized spacial score (nSPS) is 13.3. The molecule has 1 rings (SSSR count). The number of alkyl halides is 3. The lowest BCUT2D eigenvalue weighted by Crippen LogP contribution is -2.44. The van der Waals surface area contributed by atoms with Crippen LogP contribution in [0.5, 0.6) is 5.75 Å². The van der Waals surface area contributed by atoms with Crippen molar-refractivity contribution in [3.05, 3.63) is 24.3 Å². The van der Waals surface area contributed by atoms with Crippen LogP contribution < -0.4 is 21.1 Å². The molecule has 1 amide bonds. The summed E-state index contributed by atoms with van der Waals surface area (Å²) in [5.74, 6) is -0.209. The van der Waals surface area contributed by atoms with E-state index in [0.29, 0.717) is 5.69 Å². The molecule has 0 spiro atoms. The van der Waals surface area contributed by atoms with E-state index in [0.717, 1.165) is 12.1 Å². The molecule has 29 heavy (non-hydrogen) atoms. The topological polar surface area (TPSA) is 98.0 Å². The van der Waals surface area contributed by atoms with Gasteiger partial charge in [0.1, 0.15) is 11.4 Å². The van der Waals surface area contributed by atoms with Crippen LogP contribution >= 0.6 is 24.0 Å². The third-order valence-electron chi connectivity index (χ3n) is 3.33. The zero-order valence-electron chi connectivity index (χ0n) is 17.0. The molecule has 0 heterocycles. The van der Waals surface area contributed by atoms with Gasteiger partial charge in [0.2, 0.25) is 0 Å². The maximum Gasteiger partial charge on any atom is 0.573 e. The van der Waals surface area contributed by atoms with Crippen molar-refractivity contribution in [3.63, 3.8) is 0 Å². The summed E-state index contributed by atoms with van der Waals surface area (Å²) in [5, 5.41) is 5.51. The fourth-order valence-corrected chi connectivity index (χ4v) is 2.01. The summed E-state index contributed by atoms with van der Waals surface area (Å²) < 4.78 is 45.5. The lowest BCUT2D eigenvalue weighted by molar-refractivity contribution is -0.274. The number of rotatable bonds is 6. The fourth-order valence-electron chi connectivity index (χ4n) is 2.01. The zero-order chi connectivity index (χ0) is 21.5. The Hall–Kier alpha value is -1.92. The standard InChI is InChI=1S/C18H27F3N4O3.HI/c1-11(2)14(25-16(26)28-17(3,4)5)10-23-15(22)24-12-6-8-13(9-7-12)27-18(19,20)21;/h6-9,11,14H,10H2,1-5H3,(H,25,26)(H3,22,23,24);1H. The number of carbonyl (C=O) groups is 1. The number of guanidine groups is 1. The van der Waals surface area contributed by atoms with E-state index in [1.807, 2.05) is 13.8 Å². The largest absolute Gasteiger partial charge is 0.573 e. The van der Waals surface area contributed by atoms with Crippen LogP contribution in [0.1, 0.15) is 34.6 Å². The minimum Gasteiger partial charge on any atom is -0.444 e. The summed E-state index contributed by atoms with van der Waals surface area (Å²) in [4.78, 5) is 16.1. The molecule has 0 saturated carbocycles. The molecule has 7 nitrogen and oxygen atoms in total. The molecule has 11 heteroatoms. The molecular weight excluding hydrogens is 504 g/mol. The van der Waals surface area contributed by atoms with E-state index in [1.165, 1.54) is 12.1 Å². The van der Waals surface area contributed by atoms with Gasteiger partial charge in [-0.15, -0.1) is 37.1 Å². The smallest absolute Gasteiger partial charge is 0.444 e. The Morgan fingerprint density at radius 2 is 1.72 bits per heavy atom. The Kier molecular flexibility index (Phi) is 10.6. The highest BCUT2D eigenvalue weighted by Gasteiger charge is 2.31. The van der Waals surface area contributed by atoms with Crippen LogP contribution in [0.15, 0.2) is 29.3 Å². The van der Waals surface area contributed by atoms with Gasteiger partial charge >= 0.3 is 12.5 Å². The van der Waals surface area contributed by atoms with Gasteiger partial charge in [0.05, 0.1) is 12.6 Å². The third kappa shape index (κ3) is 12.3. The second-order valence-electron chi connectivity index (χ2n) is 7.42. The van der Waals surface area contributed by atoms with Crippen molar-refractivity contribution in [2.24, 2.45) is 16.6 Å². The molecule has 0 fully saturated rings. The van der Waals surface area contributed by atoms with Gasteiger partial charge in [0.15, 0.2) is 5.96 Å². The highest BCUT2D eigenvalue weighted by Crippen LogP contribution is 2.23. The first kappa shape index (κ1) is 27.1. The highest BCUT2D eigenvalue weighted by atomic mass is 127. The molecule has 0 aliphatic carbocycles. The number of hydrogen-bond donors (Lipinski definition) is 3. The van der Waals surface area contributed by atoms with Crippen LogP contribution in [-0.2, 0) is 4.74 Å². The predicted octanol–water partition coefficient (Wildman–Crippen LogP) is 4.48. The van der Waals surface area contributed by atoms with Crippen molar-refractivity contribution in [1.29, 1.82) is 0 Å². The number of carbonyl (C=O) groups excluding carboxylic acids is 1. The number of halogens is 4. The van der Waals surface area contributed by atoms with Crippen molar-refractivity contribution in [3.8, 4) is 5.75 Å². The van der Waals surface area contributed by atoms with E-state index in [1.54, 1.807) is 20.8 Å². The lowest BCUT2D eigenvalue weighted by atomic mass is 10.1. The molecule has 0 aliphatic rings.